The number of aryl methyl sites for hydroxylation is 1. The summed E-state index contributed by atoms with van der Waals surface area (Å²) in [5, 5.41) is 23.6. The van der Waals surface area contributed by atoms with Gasteiger partial charge in [0.25, 0.3) is 5.69 Å². The number of fused-ring (bicyclic) bond motifs is 3. The van der Waals surface area contributed by atoms with Gasteiger partial charge in [-0.25, -0.2) is 4.98 Å². The Hall–Kier alpha value is -3.92. The van der Waals surface area contributed by atoms with Crippen LogP contribution in [0.1, 0.15) is 11.1 Å². The van der Waals surface area contributed by atoms with Crippen LogP contribution < -0.4 is 5.32 Å². The van der Waals surface area contributed by atoms with Gasteiger partial charge in [-0.1, -0.05) is 12.1 Å². The molecule has 4 rings (SSSR count). The Bertz CT molecular complexity index is 1200. The standard InChI is InChI=1S/C19H13N5O2/c1-12-10-18(21-13-6-8-14(9-7-13)24(25)26)23-17-5-3-2-4-16(17)22-19(23)15(12)11-20/h2-10,21H,1H3. The number of nitro benzene ring substituents is 1. The molecule has 0 saturated carbocycles. The van der Waals surface area contributed by atoms with E-state index in [1.807, 2.05) is 41.7 Å². The number of pyridine rings is 1. The van der Waals surface area contributed by atoms with Crippen LogP contribution in [-0.4, -0.2) is 14.3 Å². The molecule has 2 aromatic heterocycles. The van der Waals surface area contributed by atoms with Gasteiger partial charge in [0.15, 0.2) is 5.65 Å². The van der Waals surface area contributed by atoms with Gasteiger partial charge < -0.3 is 5.32 Å². The smallest absolute Gasteiger partial charge is 0.269 e. The molecule has 0 radical (unpaired) electrons. The summed E-state index contributed by atoms with van der Waals surface area (Å²) < 4.78 is 1.89. The number of non-ortho nitro benzene ring substituents is 1. The molecule has 0 fully saturated rings. The van der Waals surface area contributed by atoms with Crippen molar-refractivity contribution in [1.82, 2.24) is 9.38 Å². The third-order valence-corrected chi connectivity index (χ3v) is 4.24. The number of aromatic nitrogens is 2. The van der Waals surface area contributed by atoms with Crippen molar-refractivity contribution < 1.29 is 4.92 Å². The van der Waals surface area contributed by atoms with E-state index in [1.54, 1.807) is 12.1 Å². The Balaban J connectivity index is 1.92. The molecule has 4 aromatic rings. The summed E-state index contributed by atoms with van der Waals surface area (Å²) in [6, 6.07) is 17.9. The second-order valence-electron chi connectivity index (χ2n) is 5.89. The Kier molecular flexibility index (Phi) is 3.52. The lowest BCUT2D eigenvalue weighted by molar-refractivity contribution is -0.384. The lowest BCUT2D eigenvalue weighted by Crippen LogP contribution is -2.02. The van der Waals surface area contributed by atoms with Crippen molar-refractivity contribution in [1.29, 1.82) is 5.26 Å². The lowest BCUT2D eigenvalue weighted by atomic mass is 10.1. The van der Waals surface area contributed by atoms with E-state index in [-0.39, 0.29) is 5.69 Å². The SMILES string of the molecule is Cc1cc(Nc2ccc([N+](=O)[O-])cc2)n2c(nc3ccccc32)c1C#N. The van der Waals surface area contributed by atoms with Gasteiger partial charge in [-0.05, 0) is 42.8 Å². The number of hydrogen-bond acceptors (Lipinski definition) is 5. The molecule has 0 aliphatic rings. The molecule has 0 bridgehead atoms. The number of benzene rings is 2. The lowest BCUT2D eigenvalue weighted by Gasteiger charge is -2.12. The molecule has 0 saturated heterocycles. The molecule has 0 unspecified atom stereocenters. The summed E-state index contributed by atoms with van der Waals surface area (Å²) in [6.07, 6.45) is 0. The molecule has 126 valence electrons. The number of para-hydroxylation sites is 2. The molecular weight excluding hydrogens is 330 g/mol. The maximum Gasteiger partial charge on any atom is 0.269 e. The molecule has 0 aliphatic heterocycles. The third kappa shape index (κ3) is 2.41. The quantitative estimate of drug-likeness (QED) is 0.441. The van der Waals surface area contributed by atoms with Gasteiger partial charge in [-0.2, -0.15) is 5.26 Å². The first-order valence-electron chi connectivity index (χ1n) is 7.91. The summed E-state index contributed by atoms with van der Waals surface area (Å²) in [6.45, 7) is 1.86. The Morgan fingerprint density at radius 1 is 1.19 bits per heavy atom. The highest BCUT2D eigenvalue weighted by Gasteiger charge is 2.15. The van der Waals surface area contributed by atoms with E-state index in [2.05, 4.69) is 16.4 Å². The number of nitrogens with zero attached hydrogens (tertiary/aromatic N) is 4. The summed E-state index contributed by atoms with van der Waals surface area (Å²) in [7, 11) is 0. The highest BCUT2D eigenvalue weighted by molar-refractivity contribution is 5.85. The van der Waals surface area contributed by atoms with E-state index in [0.717, 1.165) is 22.4 Å². The fourth-order valence-corrected chi connectivity index (χ4v) is 3.00. The number of rotatable bonds is 3. The van der Waals surface area contributed by atoms with Crippen molar-refractivity contribution >= 4 is 33.9 Å². The van der Waals surface area contributed by atoms with Crippen LogP contribution in [0.3, 0.4) is 0 Å². The number of hydrogen-bond donors (Lipinski definition) is 1. The molecule has 0 amide bonds. The van der Waals surface area contributed by atoms with Crippen LogP contribution >= 0.6 is 0 Å². The van der Waals surface area contributed by atoms with Crippen molar-refractivity contribution in [3.8, 4) is 6.07 Å². The molecule has 0 aliphatic carbocycles. The normalized spacial score (nSPS) is 10.8. The minimum absolute atomic E-state index is 0.0322. The van der Waals surface area contributed by atoms with Crippen molar-refractivity contribution in [2.24, 2.45) is 0 Å². The first-order valence-corrected chi connectivity index (χ1v) is 7.91. The summed E-state index contributed by atoms with van der Waals surface area (Å²) in [4.78, 5) is 15.0. The molecule has 7 nitrogen and oxygen atoms in total. The molecule has 26 heavy (non-hydrogen) atoms. The zero-order valence-electron chi connectivity index (χ0n) is 13.8. The first-order chi connectivity index (χ1) is 12.6. The van der Waals surface area contributed by atoms with Crippen LogP contribution in [0.4, 0.5) is 17.2 Å². The summed E-state index contributed by atoms with van der Waals surface area (Å²) in [5.41, 5.74) is 4.32. The van der Waals surface area contributed by atoms with Crippen molar-refractivity contribution in [2.45, 2.75) is 6.92 Å². The monoisotopic (exact) mass is 343 g/mol. The second kappa shape index (κ2) is 5.86. The zero-order chi connectivity index (χ0) is 18.3. The largest absolute Gasteiger partial charge is 0.341 e. The van der Waals surface area contributed by atoms with Crippen LogP contribution in [0, 0.1) is 28.4 Å². The molecule has 0 atom stereocenters. The van der Waals surface area contributed by atoms with Crippen LogP contribution in [0.15, 0.2) is 54.6 Å². The number of nitrogens with one attached hydrogen (secondary N) is 1. The molecule has 1 N–H and O–H groups in total. The minimum Gasteiger partial charge on any atom is -0.341 e. The van der Waals surface area contributed by atoms with E-state index < -0.39 is 4.92 Å². The average Bonchev–Trinajstić information content (AvgIpc) is 3.01. The average molecular weight is 343 g/mol. The topological polar surface area (TPSA) is 96.3 Å². The van der Waals surface area contributed by atoms with Gasteiger partial charge in [0.05, 0.1) is 21.5 Å². The molecular formula is C19H13N5O2. The van der Waals surface area contributed by atoms with Gasteiger partial charge in [-0.3, -0.25) is 14.5 Å². The third-order valence-electron chi connectivity index (χ3n) is 4.24. The van der Waals surface area contributed by atoms with Crippen molar-refractivity contribution in [3.63, 3.8) is 0 Å². The van der Waals surface area contributed by atoms with Gasteiger partial charge in [0, 0.05) is 17.8 Å². The van der Waals surface area contributed by atoms with Crippen LogP contribution in [0.5, 0.6) is 0 Å². The van der Waals surface area contributed by atoms with E-state index in [9.17, 15) is 15.4 Å². The number of nitriles is 1. The minimum atomic E-state index is -0.433. The van der Waals surface area contributed by atoms with Crippen molar-refractivity contribution in [3.05, 3.63) is 75.8 Å². The molecule has 2 heterocycles. The van der Waals surface area contributed by atoms with Gasteiger partial charge in [-0.15, -0.1) is 0 Å². The maximum atomic E-state index is 10.8. The van der Waals surface area contributed by atoms with E-state index in [1.165, 1.54) is 12.1 Å². The van der Waals surface area contributed by atoms with Gasteiger partial charge in [0.1, 0.15) is 11.9 Å². The predicted octanol–water partition coefficient (Wildman–Crippen LogP) is 4.32. The van der Waals surface area contributed by atoms with Gasteiger partial charge >= 0.3 is 0 Å². The molecule has 7 heteroatoms. The van der Waals surface area contributed by atoms with E-state index in [4.69, 9.17) is 0 Å². The predicted molar refractivity (Wildman–Crippen MR) is 98.5 cm³/mol. The Morgan fingerprint density at radius 3 is 2.62 bits per heavy atom. The second-order valence-corrected chi connectivity index (χ2v) is 5.89. The maximum absolute atomic E-state index is 10.8. The summed E-state index contributed by atoms with van der Waals surface area (Å²) >= 11 is 0. The van der Waals surface area contributed by atoms with Gasteiger partial charge in [0.2, 0.25) is 0 Å². The highest BCUT2D eigenvalue weighted by atomic mass is 16.6. The number of nitro groups is 1. The van der Waals surface area contributed by atoms with E-state index >= 15 is 0 Å². The molecule has 2 aromatic carbocycles. The zero-order valence-corrected chi connectivity index (χ0v) is 13.8. The fourth-order valence-electron chi connectivity index (χ4n) is 3.00. The fraction of sp³-hybridized carbons (Fsp3) is 0.0526. The first kappa shape index (κ1) is 15.6. The summed E-state index contributed by atoms with van der Waals surface area (Å²) in [5.74, 6) is 0.735. The Morgan fingerprint density at radius 2 is 1.92 bits per heavy atom. The highest BCUT2D eigenvalue weighted by Crippen LogP contribution is 2.28. The number of anilines is 2. The van der Waals surface area contributed by atoms with Crippen LogP contribution in [0.2, 0.25) is 0 Å². The van der Waals surface area contributed by atoms with Crippen LogP contribution in [-0.2, 0) is 0 Å². The van der Waals surface area contributed by atoms with Crippen molar-refractivity contribution in [2.75, 3.05) is 5.32 Å². The van der Waals surface area contributed by atoms with E-state index in [0.29, 0.717) is 16.9 Å². The Labute approximate surface area is 148 Å². The number of imidazole rings is 1. The molecule has 0 spiro atoms. The van der Waals surface area contributed by atoms with Crippen LogP contribution in [0.25, 0.3) is 16.7 Å².